The van der Waals surface area contributed by atoms with Gasteiger partial charge in [-0.2, -0.15) is 0 Å². The third kappa shape index (κ3) is 4.15. The van der Waals surface area contributed by atoms with E-state index in [4.69, 9.17) is 0 Å². The third-order valence-electron chi connectivity index (χ3n) is 1.32. The Morgan fingerprint density at radius 2 is 0.909 bits per heavy atom. The lowest BCUT2D eigenvalue weighted by atomic mass is 10.4. The van der Waals surface area contributed by atoms with Gasteiger partial charge in [0.05, 0.1) is 0 Å². The van der Waals surface area contributed by atoms with Gasteiger partial charge in [0.2, 0.25) is 0 Å². The van der Waals surface area contributed by atoms with E-state index in [1.54, 1.807) is 0 Å². The maximum Gasteiger partial charge on any atom is -0.0163 e. The number of hydrogen-bond acceptors (Lipinski definition) is 0. The highest BCUT2D eigenvalue weighted by Crippen LogP contribution is 1.93. The zero-order valence-electron chi connectivity index (χ0n) is 6.48. The molecule has 0 fully saturated rings. The Bertz CT molecular complexity index is 182. The molecule has 0 unspecified atom stereocenters. The molecule has 1 aliphatic carbocycles. The maximum absolute atomic E-state index is 2.12. The van der Waals surface area contributed by atoms with E-state index >= 15 is 0 Å². The average Bonchev–Trinajstić information content (AvgIpc) is 2.64. The third-order valence-corrected chi connectivity index (χ3v) is 1.32. The topological polar surface area (TPSA) is 0 Å². The van der Waals surface area contributed by atoms with Gasteiger partial charge in [0, 0.05) is 0 Å². The van der Waals surface area contributed by atoms with Crippen molar-refractivity contribution in [2.24, 2.45) is 0 Å². The summed E-state index contributed by atoms with van der Waals surface area (Å²) in [6, 6.07) is 12.0. The quantitative estimate of drug-likeness (QED) is 0.524. The molecule has 0 saturated carbocycles. The van der Waals surface area contributed by atoms with E-state index in [-0.39, 0.29) is 0 Å². The zero-order valence-corrected chi connectivity index (χ0v) is 6.48. The summed E-state index contributed by atoms with van der Waals surface area (Å²) in [5.41, 5.74) is 0. The van der Waals surface area contributed by atoms with Crippen molar-refractivity contribution in [3.8, 4) is 0 Å². The van der Waals surface area contributed by atoms with Crippen LogP contribution in [0.5, 0.6) is 0 Å². The highest BCUT2D eigenvalue weighted by Gasteiger charge is 1.72. The van der Waals surface area contributed by atoms with E-state index in [2.05, 4.69) is 24.3 Å². The molecule has 1 aromatic carbocycles. The highest BCUT2D eigenvalue weighted by atomic mass is 13.8. The summed E-state index contributed by atoms with van der Waals surface area (Å²) in [5, 5.41) is 0. The van der Waals surface area contributed by atoms with Crippen LogP contribution in [0.15, 0.2) is 60.7 Å². The van der Waals surface area contributed by atoms with E-state index in [0.717, 1.165) is 6.42 Å². The molecule has 1 aromatic rings. The lowest BCUT2D eigenvalue weighted by Crippen LogP contribution is -1.47. The van der Waals surface area contributed by atoms with Crippen molar-refractivity contribution in [2.75, 3.05) is 0 Å². The van der Waals surface area contributed by atoms with Crippen molar-refractivity contribution in [3.05, 3.63) is 60.7 Å². The van der Waals surface area contributed by atoms with Crippen molar-refractivity contribution in [2.45, 2.75) is 6.42 Å². The fourth-order valence-electron chi connectivity index (χ4n) is 0.778. The first-order valence-corrected chi connectivity index (χ1v) is 3.82. The molecule has 0 heteroatoms. The molecule has 0 radical (unpaired) electrons. The minimum absolute atomic E-state index is 1.14. The molecule has 0 spiro atoms. The van der Waals surface area contributed by atoms with Crippen LogP contribution in [-0.2, 0) is 0 Å². The van der Waals surface area contributed by atoms with E-state index in [1.807, 2.05) is 36.4 Å². The van der Waals surface area contributed by atoms with Gasteiger partial charge in [0.25, 0.3) is 0 Å². The van der Waals surface area contributed by atoms with E-state index in [0.29, 0.717) is 0 Å². The Balaban J connectivity index is 0.000000112. The van der Waals surface area contributed by atoms with Crippen LogP contribution in [0.25, 0.3) is 0 Å². The fraction of sp³-hybridized carbons (Fsp3) is 0.0909. The van der Waals surface area contributed by atoms with Gasteiger partial charge in [0.1, 0.15) is 0 Å². The van der Waals surface area contributed by atoms with Crippen LogP contribution in [0.4, 0.5) is 0 Å². The SMILES string of the molecule is C1=CCC=C1.c1ccccc1. The number of hydrogen-bond donors (Lipinski definition) is 0. The van der Waals surface area contributed by atoms with E-state index in [9.17, 15) is 0 Å². The molecule has 2 rings (SSSR count). The smallest absolute Gasteiger partial charge is 0.0163 e. The Labute approximate surface area is 67.9 Å². The Morgan fingerprint density at radius 3 is 1.09 bits per heavy atom. The minimum atomic E-state index is 1.14. The van der Waals surface area contributed by atoms with Crippen molar-refractivity contribution >= 4 is 0 Å². The minimum Gasteiger partial charge on any atom is -0.0808 e. The van der Waals surface area contributed by atoms with Crippen LogP contribution in [0.2, 0.25) is 0 Å². The van der Waals surface area contributed by atoms with Crippen molar-refractivity contribution in [1.29, 1.82) is 0 Å². The van der Waals surface area contributed by atoms with E-state index < -0.39 is 0 Å². The molecule has 0 bridgehead atoms. The van der Waals surface area contributed by atoms with Crippen LogP contribution >= 0.6 is 0 Å². The van der Waals surface area contributed by atoms with Crippen LogP contribution < -0.4 is 0 Å². The molecule has 0 amide bonds. The Hall–Kier alpha value is -1.30. The molecule has 11 heavy (non-hydrogen) atoms. The Morgan fingerprint density at radius 1 is 0.545 bits per heavy atom. The van der Waals surface area contributed by atoms with Crippen molar-refractivity contribution in [3.63, 3.8) is 0 Å². The van der Waals surface area contributed by atoms with Crippen LogP contribution in [0.3, 0.4) is 0 Å². The van der Waals surface area contributed by atoms with Gasteiger partial charge in [-0.25, -0.2) is 0 Å². The first-order chi connectivity index (χ1) is 5.50. The highest BCUT2D eigenvalue weighted by molar-refractivity contribution is 5.12. The van der Waals surface area contributed by atoms with Crippen LogP contribution in [0.1, 0.15) is 6.42 Å². The molecule has 0 saturated heterocycles. The molecule has 1 aliphatic rings. The summed E-state index contributed by atoms with van der Waals surface area (Å²) < 4.78 is 0. The predicted molar refractivity (Wildman–Crippen MR) is 49.3 cm³/mol. The van der Waals surface area contributed by atoms with Crippen LogP contribution in [-0.4, -0.2) is 0 Å². The molecule has 0 aromatic heterocycles. The second-order valence-electron chi connectivity index (χ2n) is 2.25. The van der Waals surface area contributed by atoms with Gasteiger partial charge in [-0.15, -0.1) is 0 Å². The monoisotopic (exact) mass is 144 g/mol. The lowest BCUT2D eigenvalue weighted by molar-refractivity contribution is 1.45. The molecule has 0 aliphatic heterocycles. The summed E-state index contributed by atoms with van der Waals surface area (Å²) >= 11 is 0. The van der Waals surface area contributed by atoms with Gasteiger partial charge in [-0.05, 0) is 6.42 Å². The molecule has 0 heterocycles. The molecule has 0 atom stereocenters. The summed E-state index contributed by atoms with van der Waals surface area (Å²) in [4.78, 5) is 0. The molecule has 0 nitrogen and oxygen atoms in total. The molecular formula is C11H12. The first kappa shape index (κ1) is 7.80. The van der Waals surface area contributed by atoms with Crippen molar-refractivity contribution < 1.29 is 0 Å². The van der Waals surface area contributed by atoms with Crippen LogP contribution in [0, 0.1) is 0 Å². The number of rotatable bonds is 0. The summed E-state index contributed by atoms with van der Waals surface area (Å²) in [5.74, 6) is 0. The summed E-state index contributed by atoms with van der Waals surface area (Å²) in [6.07, 6.45) is 9.50. The molecular weight excluding hydrogens is 132 g/mol. The predicted octanol–water partition coefficient (Wildman–Crippen LogP) is 3.19. The second-order valence-corrected chi connectivity index (χ2v) is 2.25. The summed E-state index contributed by atoms with van der Waals surface area (Å²) in [7, 11) is 0. The number of allylic oxidation sites excluding steroid dienone is 4. The van der Waals surface area contributed by atoms with Gasteiger partial charge < -0.3 is 0 Å². The average molecular weight is 144 g/mol. The largest absolute Gasteiger partial charge is 0.0808 e. The lowest BCUT2D eigenvalue weighted by Gasteiger charge is -1.69. The van der Waals surface area contributed by atoms with Gasteiger partial charge in [-0.3, -0.25) is 0 Å². The maximum atomic E-state index is 2.12. The van der Waals surface area contributed by atoms with E-state index in [1.165, 1.54) is 0 Å². The molecule has 0 N–H and O–H groups in total. The second kappa shape index (κ2) is 5.48. The van der Waals surface area contributed by atoms with Gasteiger partial charge in [0.15, 0.2) is 0 Å². The van der Waals surface area contributed by atoms with Gasteiger partial charge in [-0.1, -0.05) is 60.7 Å². The normalized spacial score (nSPS) is 12.4. The summed E-state index contributed by atoms with van der Waals surface area (Å²) in [6.45, 7) is 0. The van der Waals surface area contributed by atoms with Crippen molar-refractivity contribution in [1.82, 2.24) is 0 Å². The molecule has 56 valence electrons. The number of benzene rings is 1. The Kier molecular flexibility index (Phi) is 3.89. The first-order valence-electron chi connectivity index (χ1n) is 3.82. The fourth-order valence-corrected chi connectivity index (χ4v) is 0.778. The van der Waals surface area contributed by atoms with Gasteiger partial charge >= 0.3 is 0 Å². The standard InChI is InChI=1S/C6H6.C5H6/c1-2-4-6-5-3-1;1-2-4-5-3-1/h1-6H;1-4H,5H2. The zero-order chi connectivity index (χ0) is 7.78.